The fraction of sp³-hybridized carbons (Fsp3) is 0.391. The number of rotatable bonds is 12. The van der Waals surface area contributed by atoms with Gasteiger partial charge in [-0.05, 0) is 49.1 Å². The maximum Gasteiger partial charge on any atom is 0.307 e. The number of aliphatic carboxylic acids is 1. The molecule has 3 N–H and O–H groups in total. The molecule has 0 bridgehead atoms. The smallest absolute Gasteiger partial charge is 0.307 e. The Kier molecular flexibility index (Phi) is 10.0. The molecule has 0 aliphatic heterocycles. The molecule has 2 rings (SSSR count). The first-order valence-corrected chi connectivity index (χ1v) is 11.6. The molecule has 168 valence electrons. The molecule has 0 aliphatic carbocycles. The maximum atomic E-state index is 10.8. The van der Waals surface area contributed by atoms with Crippen LogP contribution in [0.25, 0.3) is 0 Å². The van der Waals surface area contributed by atoms with Crippen molar-refractivity contribution in [3.05, 3.63) is 52.0 Å². The fourth-order valence-electron chi connectivity index (χ4n) is 3.16. The Bertz CT molecular complexity index is 932. The number of hydrogen-bond donors (Lipinski definition) is 3. The lowest BCUT2D eigenvalue weighted by molar-refractivity contribution is -0.136. The summed E-state index contributed by atoms with van der Waals surface area (Å²) >= 11 is 7.85. The first-order valence-electron chi connectivity index (χ1n) is 10.2. The van der Waals surface area contributed by atoms with Gasteiger partial charge in [-0.3, -0.25) is 4.79 Å². The van der Waals surface area contributed by atoms with Crippen LogP contribution in [0.3, 0.4) is 0 Å². The van der Waals surface area contributed by atoms with E-state index in [1.807, 2.05) is 26.0 Å². The van der Waals surface area contributed by atoms with Gasteiger partial charge in [0.2, 0.25) is 0 Å². The minimum Gasteiger partial charge on any atom is -0.507 e. The number of oxime groups is 1. The zero-order valence-electron chi connectivity index (χ0n) is 17.7. The van der Waals surface area contributed by atoms with Crippen LogP contribution in [-0.2, 0) is 17.6 Å². The molecule has 0 aromatic heterocycles. The summed E-state index contributed by atoms with van der Waals surface area (Å²) < 4.78 is 5.93. The number of ether oxygens (including phenoxy) is 1. The number of phenols is 1. The van der Waals surface area contributed by atoms with Crippen LogP contribution >= 0.6 is 23.4 Å². The minimum atomic E-state index is -0.885. The van der Waals surface area contributed by atoms with Gasteiger partial charge in [0.05, 0.1) is 23.8 Å². The van der Waals surface area contributed by atoms with Crippen LogP contribution in [-0.4, -0.2) is 39.5 Å². The number of phenolic OH excluding ortho intramolecular Hbond substituents is 1. The first kappa shape index (κ1) is 24.9. The quantitative estimate of drug-likeness (QED) is 0.121. The van der Waals surface area contributed by atoms with Gasteiger partial charge in [-0.15, -0.1) is 11.8 Å². The zero-order chi connectivity index (χ0) is 22.8. The number of aromatic hydroxyl groups is 1. The van der Waals surface area contributed by atoms with Gasteiger partial charge in [0.15, 0.2) is 0 Å². The molecule has 0 spiro atoms. The van der Waals surface area contributed by atoms with Crippen LogP contribution < -0.4 is 4.74 Å². The van der Waals surface area contributed by atoms with E-state index in [9.17, 15) is 9.90 Å². The molecule has 0 atom stereocenters. The van der Waals surface area contributed by atoms with Crippen molar-refractivity contribution < 1.29 is 25.0 Å². The molecule has 0 radical (unpaired) electrons. The number of hydrogen-bond acceptors (Lipinski definition) is 6. The number of carboxylic acids is 1. The number of benzene rings is 2. The Hall–Kier alpha value is -2.38. The van der Waals surface area contributed by atoms with E-state index in [-0.39, 0.29) is 12.2 Å². The minimum absolute atomic E-state index is 0.0475. The Morgan fingerprint density at radius 3 is 2.61 bits per heavy atom. The third kappa shape index (κ3) is 7.08. The lowest BCUT2D eigenvalue weighted by Gasteiger charge is -2.16. The van der Waals surface area contributed by atoms with Crippen molar-refractivity contribution in [2.24, 2.45) is 5.16 Å². The largest absolute Gasteiger partial charge is 0.507 e. The summed E-state index contributed by atoms with van der Waals surface area (Å²) in [5.41, 5.74) is 2.36. The molecule has 0 heterocycles. The Morgan fingerprint density at radius 1 is 1.23 bits per heavy atom. The van der Waals surface area contributed by atoms with Crippen LogP contribution in [0.2, 0.25) is 5.02 Å². The van der Waals surface area contributed by atoms with E-state index in [4.69, 9.17) is 26.7 Å². The van der Waals surface area contributed by atoms with Gasteiger partial charge in [-0.25, -0.2) is 0 Å². The molecule has 0 amide bonds. The molecule has 8 heteroatoms. The maximum absolute atomic E-state index is 10.8. The first-order chi connectivity index (χ1) is 14.9. The highest BCUT2D eigenvalue weighted by molar-refractivity contribution is 7.99. The van der Waals surface area contributed by atoms with Crippen LogP contribution in [0.5, 0.6) is 11.5 Å². The molecule has 0 aliphatic rings. The van der Waals surface area contributed by atoms with E-state index < -0.39 is 5.97 Å². The van der Waals surface area contributed by atoms with Gasteiger partial charge in [0, 0.05) is 21.8 Å². The van der Waals surface area contributed by atoms with Crippen LogP contribution in [0.4, 0.5) is 0 Å². The van der Waals surface area contributed by atoms with Crippen molar-refractivity contribution in [1.82, 2.24) is 0 Å². The van der Waals surface area contributed by atoms with Crippen molar-refractivity contribution in [1.29, 1.82) is 0 Å². The molecule has 0 unspecified atom stereocenters. The van der Waals surface area contributed by atoms with E-state index in [2.05, 4.69) is 5.16 Å². The molecular formula is C23H28ClNO5S. The van der Waals surface area contributed by atoms with Gasteiger partial charge in [0.1, 0.15) is 11.5 Å². The lowest BCUT2D eigenvalue weighted by atomic mass is 9.99. The van der Waals surface area contributed by atoms with Crippen LogP contribution in [0.15, 0.2) is 40.4 Å². The topological polar surface area (TPSA) is 99.4 Å². The third-order valence-electron chi connectivity index (χ3n) is 4.66. The molecular weight excluding hydrogens is 438 g/mol. The Labute approximate surface area is 191 Å². The van der Waals surface area contributed by atoms with Crippen molar-refractivity contribution in [2.75, 3.05) is 12.4 Å². The number of carbonyl (C=O) groups is 1. The van der Waals surface area contributed by atoms with E-state index in [1.54, 1.807) is 30.0 Å². The van der Waals surface area contributed by atoms with Crippen molar-refractivity contribution in [3.63, 3.8) is 0 Å². The highest BCUT2D eigenvalue weighted by Gasteiger charge is 2.16. The summed E-state index contributed by atoms with van der Waals surface area (Å²) in [6.45, 7) is 4.37. The second-order valence-corrected chi connectivity index (χ2v) is 8.52. The SMILES string of the molecule is CCCc1c(OCCCSc2ccc(CC(=O)O)cc2Cl)ccc(/C(CC)=N\O)c1O. The Morgan fingerprint density at radius 2 is 2.00 bits per heavy atom. The van der Waals surface area contributed by atoms with Gasteiger partial charge >= 0.3 is 5.97 Å². The van der Waals surface area contributed by atoms with E-state index >= 15 is 0 Å². The standard InChI is InChI=1S/C23H28ClNO5S/c1-3-6-17-20(9-8-16(23(17)28)19(4-2)25-29)30-11-5-12-31-21-10-7-15(13-18(21)24)14-22(26)27/h7-10,13,28-29H,3-6,11-12,14H2,1-2H3,(H,26,27)/b25-19-. The van der Waals surface area contributed by atoms with E-state index in [0.717, 1.165) is 29.1 Å². The number of thioether (sulfide) groups is 1. The van der Waals surface area contributed by atoms with Crippen molar-refractivity contribution >= 4 is 35.0 Å². The summed E-state index contributed by atoms with van der Waals surface area (Å²) in [5.74, 6) is 0.640. The van der Waals surface area contributed by atoms with Gasteiger partial charge in [-0.2, -0.15) is 0 Å². The third-order valence-corrected chi connectivity index (χ3v) is 6.25. The zero-order valence-corrected chi connectivity index (χ0v) is 19.3. The van der Waals surface area contributed by atoms with Crippen molar-refractivity contribution in [3.8, 4) is 11.5 Å². The summed E-state index contributed by atoms with van der Waals surface area (Å²) in [4.78, 5) is 11.7. The number of halogens is 1. The monoisotopic (exact) mass is 465 g/mol. The molecule has 6 nitrogen and oxygen atoms in total. The van der Waals surface area contributed by atoms with Gasteiger partial charge in [0.25, 0.3) is 0 Å². The van der Waals surface area contributed by atoms with E-state index in [1.165, 1.54) is 0 Å². The average molecular weight is 466 g/mol. The van der Waals surface area contributed by atoms with Crippen molar-refractivity contribution in [2.45, 2.75) is 50.8 Å². The molecule has 0 saturated heterocycles. The summed E-state index contributed by atoms with van der Waals surface area (Å²) in [5, 5.41) is 32.5. The van der Waals surface area contributed by atoms with Gasteiger partial charge < -0.3 is 20.2 Å². The van der Waals surface area contributed by atoms with Crippen LogP contribution in [0.1, 0.15) is 49.8 Å². The number of nitrogens with zero attached hydrogens (tertiary/aromatic N) is 1. The van der Waals surface area contributed by atoms with Crippen LogP contribution in [0, 0.1) is 0 Å². The number of carboxylic acid groups (broad SMARTS) is 1. The molecule has 0 saturated carbocycles. The highest BCUT2D eigenvalue weighted by atomic mass is 35.5. The predicted molar refractivity (Wildman–Crippen MR) is 124 cm³/mol. The summed E-state index contributed by atoms with van der Waals surface area (Å²) in [6, 6.07) is 8.84. The molecule has 2 aromatic carbocycles. The van der Waals surface area contributed by atoms with E-state index in [0.29, 0.717) is 47.1 Å². The fourth-order valence-corrected chi connectivity index (χ4v) is 4.37. The normalized spacial score (nSPS) is 11.5. The molecule has 0 fully saturated rings. The Balaban J connectivity index is 1.95. The lowest BCUT2D eigenvalue weighted by Crippen LogP contribution is -2.06. The average Bonchev–Trinajstić information content (AvgIpc) is 2.73. The summed E-state index contributed by atoms with van der Waals surface area (Å²) in [6.07, 6.45) is 2.73. The predicted octanol–water partition coefficient (Wildman–Crippen LogP) is 5.77. The second-order valence-electron chi connectivity index (χ2n) is 6.97. The van der Waals surface area contributed by atoms with Gasteiger partial charge in [-0.1, -0.05) is 43.1 Å². The second kappa shape index (κ2) is 12.5. The molecule has 31 heavy (non-hydrogen) atoms. The highest BCUT2D eigenvalue weighted by Crippen LogP contribution is 2.34. The summed E-state index contributed by atoms with van der Waals surface area (Å²) in [7, 11) is 0. The molecule has 2 aromatic rings.